The third kappa shape index (κ3) is 4.68. The van der Waals surface area contributed by atoms with Gasteiger partial charge in [-0.05, 0) is 50.0 Å². The number of likely N-dealkylation sites (N-methyl/N-ethyl adjacent to an activating group) is 2. The highest BCUT2D eigenvalue weighted by molar-refractivity contribution is 6.11. The summed E-state index contributed by atoms with van der Waals surface area (Å²) in [5, 5.41) is 10.7. The maximum absolute atomic E-state index is 12.9. The molecule has 9 heteroatoms. The number of hydrogen-bond acceptors (Lipinski definition) is 7. The van der Waals surface area contributed by atoms with Gasteiger partial charge in [0, 0.05) is 43.5 Å². The molecule has 0 atom stereocenters. The number of carbonyl (C=O) groups excluding carboxylic acids is 1. The van der Waals surface area contributed by atoms with Gasteiger partial charge in [-0.3, -0.25) is 14.9 Å². The Bertz CT molecular complexity index is 1230. The topological polar surface area (TPSA) is 116 Å². The van der Waals surface area contributed by atoms with Gasteiger partial charge in [-0.1, -0.05) is 6.07 Å². The Morgan fingerprint density at radius 3 is 2.59 bits per heavy atom. The number of nitrogen functional groups attached to an aromatic ring is 1. The largest absolute Gasteiger partial charge is 0.397 e. The molecule has 0 spiro atoms. The summed E-state index contributed by atoms with van der Waals surface area (Å²) in [6.45, 7) is 1.78. The molecule has 0 aliphatic rings. The number of nitrogens with one attached hydrogen (secondary N) is 2. The van der Waals surface area contributed by atoms with Crippen LogP contribution in [0.3, 0.4) is 0 Å². The summed E-state index contributed by atoms with van der Waals surface area (Å²) in [4.78, 5) is 25.7. The number of fused-ring (bicyclic) bond motifs is 1. The molecule has 3 heterocycles. The minimum absolute atomic E-state index is 0.311. The van der Waals surface area contributed by atoms with Crippen molar-refractivity contribution in [3.8, 4) is 11.1 Å². The number of H-pyrrole nitrogens is 1. The van der Waals surface area contributed by atoms with E-state index in [1.54, 1.807) is 18.6 Å². The van der Waals surface area contributed by atoms with Crippen LogP contribution < -0.4 is 16.0 Å². The van der Waals surface area contributed by atoms with E-state index in [2.05, 4.69) is 35.3 Å². The number of pyridine rings is 2. The van der Waals surface area contributed by atoms with E-state index in [0.717, 1.165) is 40.9 Å². The van der Waals surface area contributed by atoms with E-state index in [1.807, 2.05) is 57.5 Å². The second-order valence-corrected chi connectivity index (χ2v) is 7.92. The minimum atomic E-state index is -0.311. The van der Waals surface area contributed by atoms with Crippen molar-refractivity contribution in [1.29, 1.82) is 0 Å². The van der Waals surface area contributed by atoms with E-state index in [4.69, 9.17) is 5.73 Å². The number of aromatic nitrogens is 4. The quantitative estimate of drug-likeness (QED) is 0.413. The maximum atomic E-state index is 12.9. The van der Waals surface area contributed by atoms with Gasteiger partial charge in [-0.2, -0.15) is 5.10 Å². The summed E-state index contributed by atoms with van der Waals surface area (Å²) >= 11 is 0. The maximum Gasteiger partial charge on any atom is 0.276 e. The lowest BCUT2D eigenvalue weighted by atomic mass is 10.0. The number of hydrogen-bond donors (Lipinski definition) is 3. The van der Waals surface area contributed by atoms with E-state index in [0.29, 0.717) is 17.1 Å². The summed E-state index contributed by atoms with van der Waals surface area (Å²) in [6, 6.07) is 11.3. The predicted molar refractivity (Wildman–Crippen MR) is 128 cm³/mol. The third-order valence-corrected chi connectivity index (χ3v) is 5.15. The smallest absolute Gasteiger partial charge is 0.276 e. The molecule has 4 aromatic rings. The summed E-state index contributed by atoms with van der Waals surface area (Å²) in [6.07, 6.45) is 4.98. The van der Waals surface area contributed by atoms with Crippen molar-refractivity contribution in [2.45, 2.75) is 0 Å². The average Bonchev–Trinajstić information content (AvgIpc) is 3.21. The van der Waals surface area contributed by atoms with Crippen LogP contribution >= 0.6 is 0 Å². The molecule has 164 valence electrons. The molecule has 0 radical (unpaired) electrons. The second kappa shape index (κ2) is 9.03. The van der Waals surface area contributed by atoms with Crippen LogP contribution in [0.5, 0.6) is 0 Å². The first-order chi connectivity index (χ1) is 15.4. The molecule has 0 aliphatic heterocycles. The van der Waals surface area contributed by atoms with Crippen LogP contribution in [0.2, 0.25) is 0 Å². The highest BCUT2D eigenvalue weighted by atomic mass is 16.1. The molecule has 0 aliphatic carbocycles. The zero-order chi connectivity index (χ0) is 22.7. The average molecular weight is 431 g/mol. The Kier molecular flexibility index (Phi) is 6.00. The molecule has 1 aromatic carbocycles. The van der Waals surface area contributed by atoms with Crippen LogP contribution in [0.4, 0.5) is 17.2 Å². The Balaban J connectivity index is 1.52. The first kappa shape index (κ1) is 21.3. The number of nitrogens with two attached hydrogens (primary N) is 1. The van der Waals surface area contributed by atoms with Gasteiger partial charge in [-0.15, -0.1) is 0 Å². The molecule has 0 saturated heterocycles. The molecular weight excluding hydrogens is 404 g/mol. The standard InChI is InChI=1S/C23H26N8O/c1-30(2)8-9-31(3)21-7-5-18(14-26-21)27-23(32)22-19-11-15(4-6-20(19)28-29-22)16-10-17(24)13-25-12-16/h4-7,10-14H,8-9,24H2,1-3H3,(H,27,32)(H,28,29). The zero-order valence-corrected chi connectivity index (χ0v) is 18.3. The van der Waals surface area contributed by atoms with Gasteiger partial charge in [0.1, 0.15) is 5.82 Å². The van der Waals surface area contributed by atoms with Crippen LogP contribution in [0.25, 0.3) is 22.0 Å². The SMILES string of the molecule is CN(C)CCN(C)c1ccc(NC(=O)c2n[nH]c3ccc(-c4cncc(N)c4)cc23)cn1. The first-order valence-corrected chi connectivity index (χ1v) is 10.2. The van der Waals surface area contributed by atoms with Crippen molar-refractivity contribution < 1.29 is 4.79 Å². The van der Waals surface area contributed by atoms with Crippen molar-refractivity contribution >= 4 is 34.0 Å². The number of amides is 1. The number of nitrogens with zero attached hydrogens (tertiary/aromatic N) is 5. The molecule has 0 bridgehead atoms. The number of rotatable bonds is 7. The monoisotopic (exact) mass is 430 g/mol. The molecule has 32 heavy (non-hydrogen) atoms. The van der Waals surface area contributed by atoms with Crippen molar-refractivity contribution in [2.24, 2.45) is 0 Å². The number of carbonyl (C=O) groups is 1. The lowest BCUT2D eigenvalue weighted by molar-refractivity contribution is 0.102. The fourth-order valence-electron chi connectivity index (χ4n) is 3.32. The van der Waals surface area contributed by atoms with Crippen molar-refractivity contribution in [1.82, 2.24) is 25.1 Å². The van der Waals surface area contributed by atoms with Crippen molar-refractivity contribution in [3.63, 3.8) is 0 Å². The highest BCUT2D eigenvalue weighted by Crippen LogP contribution is 2.26. The molecule has 0 fully saturated rings. The fraction of sp³-hybridized carbons (Fsp3) is 0.217. The number of anilines is 3. The van der Waals surface area contributed by atoms with Gasteiger partial charge in [0.25, 0.3) is 5.91 Å². The first-order valence-electron chi connectivity index (χ1n) is 10.2. The number of benzene rings is 1. The zero-order valence-electron chi connectivity index (χ0n) is 18.3. The Labute approximate surface area is 186 Å². The second-order valence-electron chi connectivity index (χ2n) is 7.92. The van der Waals surface area contributed by atoms with E-state index in [1.165, 1.54) is 0 Å². The molecule has 9 nitrogen and oxygen atoms in total. The van der Waals surface area contributed by atoms with Gasteiger partial charge in [0.05, 0.1) is 23.1 Å². The molecular formula is C23H26N8O. The molecule has 0 saturated carbocycles. The third-order valence-electron chi connectivity index (χ3n) is 5.15. The van der Waals surface area contributed by atoms with Gasteiger partial charge >= 0.3 is 0 Å². The molecule has 0 unspecified atom stereocenters. The minimum Gasteiger partial charge on any atom is -0.397 e. The summed E-state index contributed by atoms with van der Waals surface area (Å²) < 4.78 is 0. The van der Waals surface area contributed by atoms with Crippen LogP contribution in [0.15, 0.2) is 55.0 Å². The Morgan fingerprint density at radius 2 is 1.88 bits per heavy atom. The fourth-order valence-corrected chi connectivity index (χ4v) is 3.32. The normalized spacial score (nSPS) is 11.1. The van der Waals surface area contributed by atoms with Crippen LogP contribution in [-0.4, -0.2) is 65.2 Å². The van der Waals surface area contributed by atoms with Crippen LogP contribution in [0, 0.1) is 0 Å². The van der Waals surface area contributed by atoms with E-state index in [9.17, 15) is 4.79 Å². The predicted octanol–water partition coefficient (Wildman–Crippen LogP) is 2.85. The van der Waals surface area contributed by atoms with Crippen molar-refractivity contribution in [3.05, 3.63) is 60.7 Å². The lowest BCUT2D eigenvalue weighted by Crippen LogP contribution is -2.28. The van der Waals surface area contributed by atoms with E-state index >= 15 is 0 Å². The van der Waals surface area contributed by atoms with Gasteiger partial charge in [-0.25, -0.2) is 4.98 Å². The highest BCUT2D eigenvalue weighted by Gasteiger charge is 2.16. The summed E-state index contributed by atoms with van der Waals surface area (Å²) in [7, 11) is 6.06. The molecule has 4 rings (SSSR count). The summed E-state index contributed by atoms with van der Waals surface area (Å²) in [5.41, 5.74) is 9.90. The molecule has 3 aromatic heterocycles. The molecule has 1 amide bonds. The van der Waals surface area contributed by atoms with Crippen molar-refractivity contribution in [2.75, 3.05) is 50.2 Å². The Morgan fingerprint density at radius 1 is 1.03 bits per heavy atom. The van der Waals surface area contributed by atoms with Gasteiger partial charge in [0.15, 0.2) is 5.69 Å². The van der Waals surface area contributed by atoms with E-state index < -0.39 is 0 Å². The van der Waals surface area contributed by atoms with Gasteiger partial charge in [0.2, 0.25) is 0 Å². The van der Waals surface area contributed by atoms with Gasteiger partial charge < -0.3 is 20.9 Å². The number of aromatic amines is 1. The molecule has 4 N–H and O–H groups in total. The Hall–Kier alpha value is -3.98. The lowest BCUT2D eigenvalue weighted by Gasteiger charge is -2.20. The van der Waals surface area contributed by atoms with Crippen LogP contribution in [0.1, 0.15) is 10.5 Å². The van der Waals surface area contributed by atoms with E-state index in [-0.39, 0.29) is 5.91 Å². The van der Waals surface area contributed by atoms with Crippen LogP contribution in [-0.2, 0) is 0 Å². The summed E-state index contributed by atoms with van der Waals surface area (Å²) in [5.74, 6) is 0.532.